The van der Waals surface area contributed by atoms with E-state index in [0.29, 0.717) is 18.8 Å². The molecule has 0 saturated heterocycles. The molecule has 6 nitrogen and oxygen atoms in total. The number of amides is 1. The number of pyridine rings is 1. The molecule has 1 unspecified atom stereocenters. The molecule has 8 heteroatoms. The molecule has 2 rings (SSSR count). The van der Waals surface area contributed by atoms with E-state index < -0.39 is 11.0 Å². The Kier molecular flexibility index (Phi) is 9.67. The lowest BCUT2D eigenvalue weighted by Crippen LogP contribution is -2.48. The third-order valence-electron chi connectivity index (χ3n) is 4.39. The van der Waals surface area contributed by atoms with E-state index in [2.05, 4.69) is 51.0 Å². The number of aromatic nitrogens is 1. The summed E-state index contributed by atoms with van der Waals surface area (Å²) in [4.78, 5) is 22.5. The van der Waals surface area contributed by atoms with E-state index in [0.717, 1.165) is 32.9 Å². The highest BCUT2D eigenvalue weighted by atomic mass is 127. The Balaban J connectivity index is 2.01. The Bertz CT molecular complexity index is 889. The normalized spacial score (nSPS) is 12.9. The van der Waals surface area contributed by atoms with Gasteiger partial charge in [0.1, 0.15) is 12.4 Å². The molecular formula is C22H30IN3O3S. The molecule has 0 radical (unpaired) electrons. The number of hydrogen-bond donors (Lipinski definition) is 1. The fourth-order valence-corrected chi connectivity index (χ4v) is 3.75. The second-order valence-corrected chi connectivity index (χ2v) is 9.85. The summed E-state index contributed by atoms with van der Waals surface area (Å²) >= 11 is 3.59. The summed E-state index contributed by atoms with van der Waals surface area (Å²) in [6, 6.07) is 5.91. The summed E-state index contributed by atoms with van der Waals surface area (Å²) in [5.41, 5.74) is 0.827. The lowest BCUT2D eigenvalue weighted by Gasteiger charge is -2.27. The zero-order chi connectivity index (χ0) is 22.1. The number of unbranched alkanes of at least 4 members (excludes halogenated alkanes) is 1. The first-order valence-corrected chi connectivity index (χ1v) is 12.3. The number of thioether (sulfide) groups is 1. The van der Waals surface area contributed by atoms with E-state index in [1.54, 1.807) is 6.21 Å². The molecule has 0 spiro atoms. The van der Waals surface area contributed by atoms with Crippen LogP contribution < -0.4 is 10.1 Å². The van der Waals surface area contributed by atoms with Crippen molar-refractivity contribution in [2.45, 2.75) is 57.9 Å². The molecule has 0 aliphatic carbocycles. The molecule has 1 atom stereocenters. The van der Waals surface area contributed by atoms with Crippen molar-refractivity contribution in [3.8, 4) is 5.75 Å². The van der Waals surface area contributed by atoms with Crippen molar-refractivity contribution in [3.05, 3.63) is 33.5 Å². The number of fused-ring (bicyclic) bond motifs is 1. The smallest absolute Gasteiger partial charge is 0.272 e. The van der Waals surface area contributed by atoms with Crippen LogP contribution in [0.1, 0.15) is 45.6 Å². The number of oxime groups is 1. The van der Waals surface area contributed by atoms with Crippen molar-refractivity contribution in [1.82, 2.24) is 10.3 Å². The van der Waals surface area contributed by atoms with Crippen LogP contribution in [0.4, 0.5) is 0 Å². The number of benzene rings is 1. The van der Waals surface area contributed by atoms with Gasteiger partial charge in [-0.25, -0.2) is 0 Å². The number of carbonyl (C=O) groups is 1. The van der Waals surface area contributed by atoms with Gasteiger partial charge in [-0.2, -0.15) is 0 Å². The van der Waals surface area contributed by atoms with E-state index in [-0.39, 0.29) is 5.91 Å². The standard InChI is InChI=1S/C22H30IN3O3S/c1-6-7-10-28-25-9-8-22(3,4)26-20(27)21(30-5)29-18-11-15(2)19-16(13-18)12-17(23)14-24-19/h9,11-14,21H,6-8,10H2,1-5H3,(H,26,27). The van der Waals surface area contributed by atoms with E-state index in [1.165, 1.54) is 11.8 Å². The first-order chi connectivity index (χ1) is 14.3. The molecule has 1 heterocycles. The van der Waals surface area contributed by atoms with Gasteiger partial charge in [0.25, 0.3) is 5.91 Å². The second kappa shape index (κ2) is 11.7. The van der Waals surface area contributed by atoms with Crippen LogP contribution in [0.25, 0.3) is 10.9 Å². The van der Waals surface area contributed by atoms with Gasteiger partial charge in [0.2, 0.25) is 5.44 Å². The predicted octanol–water partition coefficient (Wildman–Crippen LogP) is 5.30. The van der Waals surface area contributed by atoms with Gasteiger partial charge in [0.15, 0.2) is 0 Å². The van der Waals surface area contributed by atoms with Crippen molar-refractivity contribution in [2.75, 3.05) is 12.9 Å². The van der Waals surface area contributed by atoms with E-state index >= 15 is 0 Å². The first kappa shape index (κ1) is 24.7. The molecule has 1 aromatic heterocycles. The Hall–Kier alpha value is -1.55. The molecular weight excluding hydrogens is 513 g/mol. The molecule has 164 valence electrons. The minimum absolute atomic E-state index is 0.175. The van der Waals surface area contributed by atoms with Crippen LogP contribution >= 0.6 is 34.4 Å². The topological polar surface area (TPSA) is 72.8 Å². The van der Waals surface area contributed by atoms with Crippen LogP contribution in [-0.4, -0.2) is 40.9 Å². The number of hydrogen-bond acceptors (Lipinski definition) is 6. The average molecular weight is 543 g/mol. The average Bonchev–Trinajstić information content (AvgIpc) is 2.68. The number of ether oxygens (including phenoxy) is 1. The van der Waals surface area contributed by atoms with Gasteiger partial charge in [-0.15, -0.1) is 11.8 Å². The number of rotatable bonds is 11. The van der Waals surface area contributed by atoms with Crippen LogP contribution in [-0.2, 0) is 9.63 Å². The van der Waals surface area contributed by atoms with E-state index in [9.17, 15) is 4.79 Å². The molecule has 0 bridgehead atoms. The molecule has 0 fully saturated rings. The quantitative estimate of drug-likeness (QED) is 0.137. The first-order valence-electron chi connectivity index (χ1n) is 9.97. The monoisotopic (exact) mass is 543 g/mol. The van der Waals surface area contributed by atoms with E-state index in [4.69, 9.17) is 9.57 Å². The van der Waals surface area contributed by atoms with Gasteiger partial charge in [-0.05, 0) is 79.8 Å². The molecule has 0 saturated carbocycles. The minimum Gasteiger partial charge on any atom is -0.470 e. The summed E-state index contributed by atoms with van der Waals surface area (Å²) in [6.07, 6.45) is 8.01. The van der Waals surface area contributed by atoms with Crippen LogP contribution in [0.15, 0.2) is 29.6 Å². The highest BCUT2D eigenvalue weighted by Crippen LogP contribution is 2.27. The van der Waals surface area contributed by atoms with Crippen LogP contribution in [0.2, 0.25) is 0 Å². The maximum Gasteiger partial charge on any atom is 0.272 e. The van der Waals surface area contributed by atoms with Gasteiger partial charge in [0, 0.05) is 33.3 Å². The van der Waals surface area contributed by atoms with Crippen molar-refractivity contribution < 1.29 is 14.4 Å². The van der Waals surface area contributed by atoms with Gasteiger partial charge in [-0.1, -0.05) is 18.5 Å². The Morgan fingerprint density at radius 2 is 2.17 bits per heavy atom. The maximum atomic E-state index is 12.8. The Morgan fingerprint density at radius 1 is 1.40 bits per heavy atom. The summed E-state index contributed by atoms with van der Waals surface area (Å²) in [5, 5.41) is 8.00. The molecule has 1 amide bonds. The number of halogens is 1. The van der Waals surface area contributed by atoms with Crippen molar-refractivity contribution in [2.24, 2.45) is 5.16 Å². The van der Waals surface area contributed by atoms with Crippen LogP contribution in [0.5, 0.6) is 5.75 Å². The summed E-state index contributed by atoms with van der Waals surface area (Å²) in [7, 11) is 0. The number of nitrogens with one attached hydrogen (secondary N) is 1. The molecule has 1 aromatic carbocycles. The number of carbonyl (C=O) groups excluding carboxylic acids is 1. The molecule has 0 aliphatic rings. The fraction of sp³-hybridized carbons (Fsp3) is 0.500. The van der Waals surface area contributed by atoms with Crippen LogP contribution in [0.3, 0.4) is 0 Å². The lowest BCUT2D eigenvalue weighted by atomic mass is 10.0. The van der Waals surface area contributed by atoms with Crippen molar-refractivity contribution in [3.63, 3.8) is 0 Å². The summed E-state index contributed by atoms with van der Waals surface area (Å²) < 4.78 is 7.09. The SMILES string of the molecule is CCCCON=CCC(C)(C)NC(=O)C(Oc1cc(C)c2ncc(I)cc2c1)SC. The lowest BCUT2D eigenvalue weighted by molar-refractivity contribution is -0.126. The zero-order valence-electron chi connectivity index (χ0n) is 18.2. The fourth-order valence-electron chi connectivity index (χ4n) is 2.79. The largest absolute Gasteiger partial charge is 0.470 e. The van der Waals surface area contributed by atoms with Crippen LogP contribution in [0, 0.1) is 10.5 Å². The zero-order valence-corrected chi connectivity index (χ0v) is 21.2. The molecule has 1 N–H and O–H groups in total. The van der Waals surface area contributed by atoms with Gasteiger partial charge >= 0.3 is 0 Å². The number of aryl methyl sites for hydroxylation is 1. The minimum atomic E-state index is -0.658. The highest BCUT2D eigenvalue weighted by Gasteiger charge is 2.26. The van der Waals surface area contributed by atoms with E-state index in [1.807, 2.05) is 45.4 Å². The van der Waals surface area contributed by atoms with Crippen molar-refractivity contribution in [1.29, 1.82) is 0 Å². The highest BCUT2D eigenvalue weighted by molar-refractivity contribution is 14.1. The van der Waals surface area contributed by atoms with Crippen molar-refractivity contribution >= 4 is 57.4 Å². The molecule has 2 aromatic rings. The third-order valence-corrected chi connectivity index (χ3v) is 5.71. The van der Waals surface area contributed by atoms with Gasteiger partial charge < -0.3 is 14.9 Å². The predicted molar refractivity (Wildman–Crippen MR) is 133 cm³/mol. The van der Waals surface area contributed by atoms with Gasteiger partial charge in [0.05, 0.1) is 5.52 Å². The van der Waals surface area contributed by atoms with Gasteiger partial charge in [-0.3, -0.25) is 9.78 Å². The maximum absolute atomic E-state index is 12.8. The Morgan fingerprint density at radius 3 is 2.87 bits per heavy atom. The third kappa shape index (κ3) is 7.61. The summed E-state index contributed by atoms with van der Waals surface area (Å²) in [5.74, 6) is 0.480. The summed E-state index contributed by atoms with van der Waals surface area (Å²) in [6.45, 7) is 8.62. The Labute approximate surface area is 196 Å². The molecule has 0 aliphatic heterocycles. The molecule has 30 heavy (non-hydrogen) atoms. The second-order valence-electron chi connectivity index (χ2n) is 7.70. The number of nitrogens with zero attached hydrogens (tertiary/aromatic N) is 2.